The van der Waals surface area contributed by atoms with Crippen molar-refractivity contribution < 1.29 is 63.1 Å². The Balaban J connectivity index is 2.41. The minimum Gasteiger partial charge on any atom is -0.458 e. The van der Waals surface area contributed by atoms with Crippen molar-refractivity contribution >= 4 is 19.8 Å². The zero-order valence-electron chi connectivity index (χ0n) is 41.9. The standard InChI is InChI=1S/C53H97O13P/c1-3-5-7-9-11-13-15-17-19-20-21-22-23-24-25-26-28-30-32-34-36-38-40-42-47(55)65-45(44-64-67(61,62)66-53-51(59)49(57)48(56)50(58)52(53)60)43-63-46(54)41-39-37-35-33-31-29-27-18-16-14-12-10-8-6-4-2/h34-37,39,41,45,48-53,56-60H,3-33,38,40,42-44H2,1-2H3,(H,61,62)/b36-34+,37-35+,41-39+/t45-,48?,49-,50?,51?,52?,53?/m1/s1. The molecule has 0 amide bonds. The van der Waals surface area contributed by atoms with E-state index < -0.39 is 75.7 Å². The molecule has 0 bridgehead atoms. The van der Waals surface area contributed by atoms with Crippen LogP contribution in [-0.4, -0.2) is 98.3 Å². The van der Waals surface area contributed by atoms with Gasteiger partial charge in [0.2, 0.25) is 0 Å². The molecular weight excluding hydrogens is 876 g/mol. The highest BCUT2D eigenvalue weighted by molar-refractivity contribution is 7.47. The van der Waals surface area contributed by atoms with E-state index in [1.54, 1.807) is 12.2 Å². The minimum absolute atomic E-state index is 0.0314. The van der Waals surface area contributed by atoms with Crippen LogP contribution in [0.25, 0.3) is 0 Å². The maximum atomic E-state index is 12.8. The summed E-state index contributed by atoms with van der Waals surface area (Å²) in [6, 6.07) is 0. The zero-order valence-corrected chi connectivity index (χ0v) is 42.8. The molecule has 1 saturated carbocycles. The number of allylic oxidation sites excluding steroid dienone is 5. The van der Waals surface area contributed by atoms with Gasteiger partial charge in [-0.25, -0.2) is 9.36 Å². The van der Waals surface area contributed by atoms with Crippen LogP contribution in [0.4, 0.5) is 0 Å². The molecule has 14 heteroatoms. The van der Waals surface area contributed by atoms with Crippen molar-refractivity contribution in [3.63, 3.8) is 0 Å². The third-order valence-corrected chi connectivity index (χ3v) is 13.5. The summed E-state index contributed by atoms with van der Waals surface area (Å²) in [6.45, 7) is 3.21. The molecule has 1 fully saturated rings. The Hall–Kier alpha value is -1.93. The normalized spacial score (nSPS) is 21.4. The summed E-state index contributed by atoms with van der Waals surface area (Å²) in [5, 5.41) is 50.2. The summed E-state index contributed by atoms with van der Waals surface area (Å²) in [4.78, 5) is 35.7. The Kier molecular flexibility index (Phi) is 40.4. The highest BCUT2D eigenvalue weighted by Gasteiger charge is 2.51. The summed E-state index contributed by atoms with van der Waals surface area (Å²) in [7, 11) is -5.15. The monoisotopic (exact) mass is 973 g/mol. The molecule has 1 rings (SSSR count). The van der Waals surface area contributed by atoms with Gasteiger partial charge in [0.1, 0.15) is 43.2 Å². The van der Waals surface area contributed by atoms with Crippen LogP contribution in [0.5, 0.6) is 0 Å². The number of carbonyl (C=O) groups is 2. The fourth-order valence-corrected chi connectivity index (χ4v) is 9.24. The van der Waals surface area contributed by atoms with Gasteiger partial charge in [-0.1, -0.05) is 218 Å². The van der Waals surface area contributed by atoms with E-state index in [0.717, 1.165) is 32.1 Å². The quantitative estimate of drug-likeness (QED) is 0.00839. The van der Waals surface area contributed by atoms with Crippen LogP contribution in [0.15, 0.2) is 36.5 Å². The van der Waals surface area contributed by atoms with E-state index in [1.165, 1.54) is 173 Å². The average Bonchev–Trinajstić information content (AvgIpc) is 3.31. The molecule has 1 aliphatic rings. The van der Waals surface area contributed by atoms with Gasteiger partial charge in [0, 0.05) is 12.5 Å². The molecule has 6 unspecified atom stereocenters. The van der Waals surface area contributed by atoms with E-state index in [-0.39, 0.29) is 6.42 Å². The van der Waals surface area contributed by atoms with E-state index >= 15 is 0 Å². The number of phosphoric acid groups is 1. The first-order valence-electron chi connectivity index (χ1n) is 26.8. The van der Waals surface area contributed by atoms with Crippen LogP contribution < -0.4 is 0 Å². The van der Waals surface area contributed by atoms with E-state index in [2.05, 4.69) is 19.9 Å². The molecule has 0 aromatic heterocycles. The number of unbranched alkanes of at least 4 members (excludes halogenated alkanes) is 30. The second-order valence-electron chi connectivity index (χ2n) is 18.8. The minimum atomic E-state index is -5.15. The smallest absolute Gasteiger partial charge is 0.458 e. The fraction of sp³-hybridized carbons (Fsp3) is 0.849. The van der Waals surface area contributed by atoms with E-state index in [4.69, 9.17) is 18.5 Å². The summed E-state index contributed by atoms with van der Waals surface area (Å²) < 4.78 is 33.4. The van der Waals surface area contributed by atoms with Gasteiger partial charge in [0.05, 0.1) is 6.61 Å². The fourth-order valence-electron chi connectivity index (χ4n) is 8.27. The Morgan fingerprint density at radius 2 is 0.866 bits per heavy atom. The maximum Gasteiger partial charge on any atom is 0.472 e. The third kappa shape index (κ3) is 34.9. The van der Waals surface area contributed by atoms with Crippen LogP contribution in [0.2, 0.25) is 0 Å². The molecule has 0 heterocycles. The lowest BCUT2D eigenvalue weighted by atomic mass is 9.85. The number of aliphatic hydroxyl groups excluding tert-OH is 5. The van der Waals surface area contributed by atoms with E-state index in [1.807, 2.05) is 12.2 Å². The number of phosphoric ester groups is 1. The van der Waals surface area contributed by atoms with Gasteiger partial charge in [0.25, 0.3) is 0 Å². The first-order valence-corrected chi connectivity index (χ1v) is 28.3. The van der Waals surface area contributed by atoms with Gasteiger partial charge in [-0.05, 0) is 38.5 Å². The molecule has 392 valence electrons. The Labute approximate surface area is 406 Å². The van der Waals surface area contributed by atoms with Crippen LogP contribution in [0, 0.1) is 0 Å². The molecule has 0 radical (unpaired) electrons. The number of carbonyl (C=O) groups excluding carboxylic acids is 2. The van der Waals surface area contributed by atoms with Crippen molar-refractivity contribution in [3.8, 4) is 0 Å². The van der Waals surface area contributed by atoms with Crippen molar-refractivity contribution in [2.24, 2.45) is 0 Å². The topological polar surface area (TPSA) is 210 Å². The van der Waals surface area contributed by atoms with Gasteiger partial charge in [-0.15, -0.1) is 0 Å². The third-order valence-electron chi connectivity index (χ3n) is 12.6. The van der Waals surface area contributed by atoms with E-state index in [9.17, 15) is 44.6 Å². The summed E-state index contributed by atoms with van der Waals surface area (Å²) in [5.41, 5.74) is 0. The van der Waals surface area contributed by atoms with Crippen LogP contribution in [0.1, 0.15) is 232 Å². The van der Waals surface area contributed by atoms with Crippen LogP contribution in [0.3, 0.4) is 0 Å². The highest BCUT2D eigenvalue weighted by Crippen LogP contribution is 2.47. The highest BCUT2D eigenvalue weighted by atomic mass is 31.2. The molecule has 0 aromatic rings. The maximum absolute atomic E-state index is 12.8. The van der Waals surface area contributed by atoms with Crippen LogP contribution >= 0.6 is 7.82 Å². The SMILES string of the molecule is CCCCCCCCCCCCC/C=C/C=C/C(=O)OC[C@H](COP(=O)(O)OC1C(O)C(O)C(O)[C@@H](O)C1O)OC(=O)CCC/C=C/CCCCCCCCCCCCCCCCCCCC. The second-order valence-corrected chi connectivity index (χ2v) is 20.2. The molecule has 0 saturated heterocycles. The molecule has 0 spiro atoms. The first kappa shape index (κ1) is 63.1. The Morgan fingerprint density at radius 3 is 1.30 bits per heavy atom. The first-order chi connectivity index (χ1) is 32.4. The lowest BCUT2D eigenvalue weighted by Crippen LogP contribution is -2.64. The van der Waals surface area contributed by atoms with Crippen molar-refractivity contribution in [3.05, 3.63) is 36.5 Å². The molecule has 67 heavy (non-hydrogen) atoms. The van der Waals surface area contributed by atoms with Crippen molar-refractivity contribution in [2.45, 2.75) is 275 Å². The Morgan fingerprint density at radius 1 is 0.493 bits per heavy atom. The van der Waals surface area contributed by atoms with Crippen molar-refractivity contribution in [1.29, 1.82) is 0 Å². The predicted octanol–water partition coefficient (Wildman–Crippen LogP) is 11.7. The molecular formula is C53H97O13P. The number of ether oxygens (including phenoxy) is 2. The molecule has 8 atom stereocenters. The van der Waals surface area contributed by atoms with Crippen molar-refractivity contribution in [1.82, 2.24) is 0 Å². The second kappa shape index (κ2) is 42.9. The molecule has 13 nitrogen and oxygen atoms in total. The number of esters is 2. The summed E-state index contributed by atoms with van der Waals surface area (Å²) in [6.07, 6.45) is 38.5. The Bertz CT molecular complexity index is 1310. The van der Waals surface area contributed by atoms with Gasteiger partial charge < -0.3 is 39.9 Å². The van der Waals surface area contributed by atoms with Gasteiger partial charge >= 0.3 is 19.8 Å². The zero-order chi connectivity index (χ0) is 49.2. The lowest BCUT2D eigenvalue weighted by Gasteiger charge is -2.41. The largest absolute Gasteiger partial charge is 0.472 e. The molecule has 1 aliphatic carbocycles. The van der Waals surface area contributed by atoms with Crippen molar-refractivity contribution in [2.75, 3.05) is 13.2 Å². The number of rotatable bonds is 45. The lowest BCUT2D eigenvalue weighted by molar-refractivity contribution is -0.220. The summed E-state index contributed by atoms with van der Waals surface area (Å²) in [5.74, 6) is -1.38. The van der Waals surface area contributed by atoms with Gasteiger partial charge in [-0.3, -0.25) is 13.8 Å². The van der Waals surface area contributed by atoms with Gasteiger partial charge in [0.15, 0.2) is 6.10 Å². The molecule has 6 N–H and O–H groups in total. The number of hydrogen-bond donors (Lipinski definition) is 6. The number of aliphatic hydroxyl groups is 5. The van der Waals surface area contributed by atoms with Gasteiger partial charge in [-0.2, -0.15) is 0 Å². The molecule has 0 aliphatic heterocycles. The van der Waals surface area contributed by atoms with E-state index in [0.29, 0.717) is 12.8 Å². The summed E-state index contributed by atoms with van der Waals surface area (Å²) >= 11 is 0. The predicted molar refractivity (Wildman–Crippen MR) is 267 cm³/mol. The average molecular weight is 973 g/mol. The molecule has 0 aromatic carbocycles. The number of hydrogen-bond acceptors (Lipinski definition) is 12. The van der Waals surface area contributed by atoms with Crippen LogP contribution in [-0.2, 0) is 32.7 Å².